The number of halogens is 4. The van der Waals surface area contributed by atoms with Crippen LogP contribution in [0.4, 0.5) is 8.78 Å². The fraction of sp³-hybridized carbons (Fsp3) is 0.300. The van der Waals surface area contributed by atoms with Crippen LogP contribution in [-0.4, -0.2) is 17.7 Å². The summed E-state index contributed by atoms with van der Waals surface area (Å²) in [6.45, 7) is -2.90. The molecule has 1 aromatic rings. The van der Waals surface area contributed by atoms with Crippen molar-refractivity contribution in [3.05, 3.63) is 28.8 Å². The molecule has 0 radical (unpaired) electrons. The normalized spacial score (nSPS) is 10.6. The molecule has 88 valence electrons. The largest absolute Gasteiger partial charge is 0.435 e. The second-order valence-corrected chi connectivity index (χ2v) is 4.02. The van der Waals surface area contributed by atoms with Gasteiger partial charge in [-0.1, -0.05) is 27.5 Å². The Morgan fingerprint density at radius 1 is 1.44 bits per heavy atom. The van der Waals surface area contributed by atoms with Crippen molar-refractivity contribution >= 4 is 33.3 Å². The number of carbonyl (C=O) groups is 1. The zero-order valence-electron chi connectivity index (χ0n) is 8.05. The molecule has 0 saturated heterocycles. The molecule has 1 rings (SSSR count). The predicted octanol–water partition coefficient (Wildman–Crippen LogP) is 3.45. The van der Waals surface area contributed by atoms with Crippen molar-refractivity contribution in [2.45, 2.75) is 13.0 Å². The maximum Gasteiger partial charge on any atom is 0.387 e. The van der Waals surface area contributed by atoms with Crippen LogP contribution in [0.15, 0.2) is 18.2 Å². The van der Waals surface area contributed by atoms with Crippen molar-refractivity contribution in [1.82, 2.24) is 0 Å². The predicted molar refractivity (Wildman–Crippen MR) is 60.6 cm³/mol. The molecule has 0 aliphatic carbocycles. The molecule has 2 nitrogen and oxygen atoms in total. The average Bonchev–Trinajstić information content (AvgIpc) is 2.15. The summed E-state index contributed by atoms with van der Waals surface area (Å²) >= 11 is 8.73. The Morgan fingerprint density at radius 2 is 2.12 bits per heavy atom. The van der Waals surface area contributed by atoms with E-state index in [9.17, 15) is 13.6 Å². The van der Waals surface area contributed by atoms with Gasteiger partial charge < -0.3 is 4.74 Å². The van der Waals surface area contributed by atoms with E-state index < -0.39 is 6.61 Å². The topological polar surface area (TPSA) is 26.3 Å². The highest BCUT2D eigenvalue weighted by Gasteiger charge is 2.08. The third-order valence-electron chi connectivity index (χ3n) is 1.71. The van der Waals surface area contributed by atoms with Gasteiger partial charge in [0.15, 0.2) is 0 Å². The second kappa shape index (κ2) is 6.15. The minimum Gasteiger partial charge on any atom is -0.435 e. The first kappa shape index (κ1) is 13.4. The highest BCUT2D eigenvalue weighted by molar-refractivity contribution is 9.09. The monoisotopic (exact) mass is 312 g/mol. The van der Waals surface area contributed by atoms with Gasteiger partial charge in [-0.2, -0.15) is 8.78 Å². The van der Waals surface area contributed by atoms with Gasteiger partial charge in [0.1, 0.15) is 11.5 Å². The van der Waals surface area contributed by atoms with Crippen molar-refractivity contribution in [3.8, 4) is 5.75 Å². The fourth-order valence-electron chi connectivity index (χ4n) is 1.17. The van der Waals surface area contributed by atoms with Crippen LogP contribution in [-0.2, 0) is 11.2 Å². The smallest absolute Gasteiger partial charge is 0.387 e. The minimum atomic E-state index is -2.90. The number of rotatable bonds is 5. The minimum absolute atomic E-state index is 0.0418. The van der Waals surface area contributed by atoms with Crippen molar-refractivity contribution in [2.24, 2.45) is 0 Å². The van der Waals surface area contributed by atoms with Crippen molar-refractivity contribution < 1.29 is 18.3 Å². The molecule has 0 N–H and O–H groups in total. The number of ether oxygens (including phenoxy) is 1. The summed E-state index contributed by atoms with van der Waals surface area (Å²) in [6.07, 6.45) is 0.130. The number of alkyl halides is 3. The number of benzene rings is 1. The van der Waals surface area contributed by atoms with E-state index in [1.807, 2.05) is 0 Å². The third-order valence-corrected chi connectivity index (χ3v) is 2.55. The van der Waals surface area contributed by atoms with E-state index in [1.54, 1.807) is 6.07 Å². The summed E-state index contributed by atoms with van der Waals surface area (Å²) in [5, 5.41) is 0.473. The van der Waals surface area contributed by atoms with E-state index >= 15 is 0 Å². The fourth-order valence-corrected chi connectivity index (χ4v) is 1.61. The van der Waals surface area contributed by atoms with Crippen molar-refractivity contribution in [2.75, 3.05) is 5.33 Å². The van der Waals surface area contributed by atoms with Crippen LogP contribution in [0, 0.1) is 0 Å². The number of hydrogen-bond donors (Lipinski definition) is 0. The lowest BCUT2D eigenvalue weighted by Crippen LogP contribution is -2.05. The van der Waals surface area contributed by atoms with Gasteiger partial charge in [-0.15, -0.1) is 0 Å². The third kappa shape index (κ3) is 4.45. The van der Waals surface area contributed by atoms with Crippen molar-refractivity contribution in [1.29, 1.82) is 0 Å². The lowest BCUT2D eigenvalue weighted by Gasteiger charge is -2.07. The molecular weight excluding hydrogens is 305 g/mol. The SMILES string of the molecule is O=C(CBr)Cc1cc(Cl)cc(OC(F)F)c1. The van der Waals surface area contributed by atoms with Crippen LogP contribution in [0.5, 0.6) is 5.75 Å². The van der Waals surface area contributed by atoms with E-state index in [0.717, 1.165) is 0 Å². The molecule has 16 heavy (non-hydrogen) atoms. The molecule has 0 bridgehead atoms. The van der Waals surface area contributed by atoms with E-state index in [2.05, 4.69) is 20.7 Å². The van der Waals surface area contributed by atoms with Gasteiger partial charge in [0.25, 0.3) is 0 Å². The lowest BCUT2D eigenvalue weighted by atomic mass is 10.1. The summed E-state index contributed by atoms with van der Waals surface area (Å²) in [5.41, 5.74) is 0.549. The van der Waals surface area contributed by atoms with Gasteiger partial charge in [0, 0.05) is 11.4 Å². The molecule has 0 unspecified atom stereocenters. The number of ketones is 1. The summed E-state index contributed by atoms with van der Waals surface area (Å²) in [7, 11) is 0. The van der Waals surface area contributed by atoms with Gasteiger partial charge in [0.05, 0.1) is 5.33 Å². The molecular formula is C10H8BrClF2O2. The molecule has 0 amide bonds. The van der Waals surface area contributed by atoms with E-state index in [-0.39, 0.29) is 28.3 Å². The van der Waals surface area contributed by atoms with E-state index in [1.165, 1.54) is 12.1 Å². The van der Waals surface area contributed by atoms with Crippen LogP contribution < -0.4 is 4.74 Å². The Labute approximate surface area is 105 Å². The van der Waals surface area contributed by atoms with E-state index in [4.69, 9.17) is 11.6 Å². The molecule has 0 saturated carbocycles. The zero-order chi connectivity index (χ0) is 12.1. The number of hydrogen-bond acceptors (Lipinski definition) is 2. The molecule has 0 aliphatic rings. The average molecular weight is 314 g/mol. The van der Waals surface area contributed by atoms with Crippen LogP contribution in [0.2, 0.25) is 5.02 Å². The van der Waals surface area contributed by atoms with Gasteiger partial charge in [-0.25, -0.2) is 0 Å². The van der Waals surface area contributed by atoms with Crippen LogP contribution in [0.3, 0.4) is 0 Å². The standard InChI is InChI=1S/C10H8BrClF2O2/c11-5-8(15)2-6-1-7(12)4-9(3-6)16-10(13)14/h1,3-4,10H,2,5H2. The summed E-state index contributed by atoms with van der Waals surface area (Å²) in [4.78, 5) is 11.1. The van der Waals surface area contributed by atoms with Crippen LogP contribution in [0.25, 0.3) is 0 Å². The molecule has 0 fully saturated rings. The first-order chi connectivity index (χ1) is 7.51. The number of carbonyl (C=O) groups excluding carboxylic acids is 1. The molecule has 0 aliphatic heterocycles. The van der Waals surface area contributed by atoms with Gasteiger partial charge >= 0.3 is 6.61 Å². The Bertz CT molecular complexity index is 385. The summed E-state index contributed by atoms with van der Waals surface area (Å²) in [6, 6.07) is 4.19. The summed E-state index contributed by atoms with van der Waals surface area (Å²) in [5.74, 6) is -0.106. The Morgan fingerprint density at radius 3 is 2.69 bits per heavy atom. The molecule has 6 heteroatoms. The summed E-state index contributed by atoms with van der Waals surface area (Å²) < 4.78 is 28.2. The molecule has 0 aromatic heterocycles. The van der Waals surface area contributed by atoms with Crippen molar-refractivity contribution in [3.63, 3.8) is 0 Å². The number of Topliss-reactive ketones (excluding diaryl/α,β-unsaturated/α-hetero) is 1. The Hall–Kier alpha value is -0.680. The molecule has 1 aromatic carbocycles. The maximum atomic E-state index is 12.0. The molecule has 0 heterocycles. The zero-order valence-corrected chi connectivity index (χ0v) is 10.4. The highest BCUT2D eigenvalue weighted by atomic mass is 79.9. The van der Waals surface area contributed by atoms with Crippen LogP contribution in [0.1, 0.15) is 5.56 Å². The quantitative estimate of drug-likeness (QED) is 0.778. The van der Waals surface area contributed by atoms with E-state index in [0.29, 0.717) is 5.56 Å². The highest BCUT2D eigenvalue weighted by Crippen LogP contribution is 2.23. The van der Waals surface area contributed by atoms with Gasteiger partial charge in [-0.3, -0.25) is 4.79 Å². The molecule has 0 spiro atoms. The Balaban J connectivity index is 2.85. The molecule has 0 atom stereocenters. The second-order valence-electron chi connectivity index (χ2n) is 3.02. The lowest BCUT2D eigenvalue weighted by molar-refractivity contribution is -0.115. The first-order valence-corrected chi connectivity index (χ1v) is 5.83. The Kier molecular flexibility index (Phi) is 5.15. The van der Waals surface area contributed by atoms with Gasteiger partial charge in [-0.05, 0) is 23.8 Å². The van der Waals surface area contributed by atoms with Gasteiger partial charge in [0.2, 0.25) is 0 Å². The maximum absolute atomic E-state index is 12.0. The first-order valence-electron chi connectivity index (χ1n) is 4.33. The van der Waals surface area contributed by atoms with Crippen LogP contribution >= 0.6 is 27.5 Å².